The highest BCUT2D eigenvalue weighted by Gasteiger charge is 2.20. The Labute approximate surface area is 195 Å². The van der Waals surface area contributed by atoms with E-state index in [1.165, 1.54) is 11.8 Å². The van der Waals surface area contributed by atoms with Gasteiger partial charge in [-0.3, -0.25) is 9.36 Å². The van der Waals surface area contributed by atoms with Gasteiger partial charge in [0.2, 0.25) is 0 Å². The number of ketones is 1. The van der Waals surface area contributed by atoms with Crippen molar-refractivity contribution in [1.29, 1.82) is 0 Å². The Hall–Kier alpha value is -3.84. The molecule has 2 heterocycles. The first kappa shape index (κ1) is 21.0. The molecule has 6 nitrogen and oxygen atoms in total. The Morgan fingerprint density at radius 1 is 1.00 bits per heavy atom. The van der Waals surface area contributed by atoms with Gasteiger partial charge in [-0.05, 0) is 37.3 Å². The Morgan fingerprint density at radius 3 is 2.58 bits per heavy atom. The van der Waals surface area contributed by atoms with Crippen LogP contribution in [0.15, 0.2) is 84.1 Å². The van der Waals surface area contributed by atoms with Gasteiger partial charge in [0.1, 0.15) is 5.75 Å². The number of benzene rings is 3. The minimum Gasteiger partial charge on any atom is -0.496 e. The largest absolute Gasteiger partial charge is 0.496 e. The number of thioether (sulfide) groups is 1. The van der Waals surface area contributed by atoms with Crippen molar-refractivity contribution >= 4 is 28.4 Å². The van der Waals surface area contributed by atoms with Crippen molar-refractivity contribution in [1.82, 2.24) is 19.7 Å². The molecule has 0 bridgehead atoms. The zero-order valence-corrected chi connectivity index (χ0v) is 19.1. The lowest BCUT2D eigenvalue weighted by Gasteiger charge is -2.12. The number of H-pyrrole nitrogens is 1. The number of carbonyl (C=O) groups is 1. The number of carbonyl (C=O) groups excluding carboxylic acids is 1. The molecule has 2 aromatic heterocycles. The predicted octanol–water partition coefficient (Wildman–Crippen LogP) is 5.71. The van der Waals surface area contributed by atoms with Gasteiger partial charge in [-0.25, -0.2) is 0 Å². The number of fused-ring (bicyclic) bond motifs is 1. The normalized spacial score (nSPS) is 11.1. The first-order chi connectivity index (χ1) is 16.2. The summed E-state index contributed by atoms with van der Waals surface area (Å²) in [6.45, 7) is 2.05. The van der Waals surface area contributed by atoms with Gasteiger partial charge in [-0.1, -0.05) is 59.8 Å². The zero-order valence-electron chi connectivity index (χ0n) is 18.3. The quantitative estimate of drug-likeness (QED) is 0.252. The van der Waals surface area contributed by atoms with E-state index in [4.69, 9.17) is 4.74 Å². The Kier molecular flexibility index (Phi) is 5.71. The van der Waals surface area contributed by atoms with Gasteiger partial charge < -0.3 is 9.72 Å². The number of nitrogens with zero attached hydrogens (tertiary/aromatic N) is 3. The van der Waals surface area contributed by atoms with Crippen molar-refractivity contribution in [2.45, 2.75) is 12.1 Å². The molecule has 164 valence electrons. The van der Waals surface area contributed by atoms with Gasteiger partial charge in [-0.2, -0.15) is 0 Å². The second-order valence-corrected chi connectivity index (χ2v) is 8.58. The zero-order chi connectivity index (χ0) is 22.8. The monoisotopic (exact) mass is 454 g/mol. The molecule has 7 heteroatoms. The second-order valence-electron chi connectivity index (χ2n) is 7.64. The van der Waals surface area contributed by atoms with Crippen LogP contribution in [0.3, 0.4) is 0 Å². The van der Waals surface area contributed by atoms with Gasteiger partial charge in [0.25, 0.3) is 0 Å². The number of rotatable bonds is 7. The predicted molar refractivity (Wildman–Crippen MR) is 131 cm³/mol. The van der Waals surface area contributed by atoms with E-state index in [0.717, 1.165) is 27.7 Å². The first-order valence-corrected chi connectivity index (χ1v) is 11.5. The van der Waals surface area contributed by atoms with Crippen LogP contribution < -0.4 is 4.74 Å². The van der Waals surface area contributed by atoms with Crippen LogP contribution in [0.1, 0.15) is 15.9 Å². The lowest BCUT2D eigenvalue weighted by molar-refractivity contribution is 0.102. The topological polar surface area (TPSA) is 72.8 Å². The fourth-order valence-corrected chi connectivity index (χ4v) is 4.64. The van der Waals surface area contributed by atoms with E-state index in [9.17, 15) is 4.79 Å². The summed E-state index contributed by atoms with van der Waals surface area (Å²) in [6.07, 6.45) is 1.78. The number of para-hydroxylation sites is 2. The van der Waals surface area contributed by atoms with Gasteiger partial charge in [0.05, 0.1) is 18.4 Å². The van der Waals surface area contributed by atoms with Crippen LogP contribution in [-0.4, -0.2) is 38.4 Å². The van der Waals surface area contributed by atoms with E-state index < -0.39 is 0 Å². The number of aryl methyl sites for hydroxylation is 1. The molecule has 3 aromatic carbocycles. The summed E-state index contributed by atoms with van der Waals surface area (Å²) in [6, 6.07) is 23.7. The third-order valence-electron chi connectivity index (χ3n) is 5.50. The summed E-state index contributed by atoms with van der Waals surface area (Å²) >= 11 is 1.38. The van der Waals surface area contributed by atoms with Crippen LogP contribution in [0.5, 0.6) is 5.75 Å². The molecular weight excluding hydrogens is 432 g/mol. The molecule has 0 aliphatic heterocycles. The van der Waals surface area contributed by atoms with Crippen LogP contribution in [0.4, 0.5) is 0 Å². The maximum Gasteiger partial charge on any atom is 0.196 e. The molecule has 0 unspecified atom stereocenters. The molecule has 33 heavy (non-hydrogen) atoms. The minimum absolute atomic E-state index is 0.0368. The average molecular weight is 455 g/mol. The van der Waals surface area contributed by atoms with E-state index in [2.05, 4.69) is 15.2 Å². The Morgan fingerprint density at radius 2 is 1.76 bits per heavy atom. The summed E-state index contributed by atoms with van der Waals surface area (Å²) in [4.78, 5) is 16.2. The van der Waals surface area contributed by atoms with Crippen LogP contribution >= 0.6 is 11.8 Å². The summed E-state index contributed by atoms with van der Waals surface area (Å²) < 4.78 is 7.54. The van der Waals surface area contributed by atoms with E-state index in [1.807, 2.05) is 84.3 Å². The third-order valence-corrected chi connectivity index (χ3v) is 6.42. The van der Waals surface area contributed by atoms with E-state index >= 15 is 0 Å². The van der Waals surface area contributed by atoms with Gasteiger partial charge in [-0.15, -0.1) is 10.2 Å². The van der Waals surface area contributed by atoms with Crippen molar-refractivity contribution in [2.75, 3.05) is 12.9 Å². The summed E-state index contributed by atoms with van der Waals surface area (Å²) in [5, 5.41) is 10.5. The summed E-state index contributed by atoms with van der Waals surface area (Å²) in [7, 11) is 1.64. The number of nitrogens with one attached hydrogen (secondary N) is 1. The smallest absolute Gasteiger partial charge is 0.196 e. The number of methoxy groups -OCH3 is 1. The fraction of sp³-hybridized carbons (Fsp3) is 0.115. The number of aromatic nitrogens is 4. The maximum absolute atomic E-state index is 13.0. The molecule has 0 amide bonds. The van der Waals surface area contributed by atoms with Crippen molar-refractivity contribution in [3.63, 3.8) is 0 Å². The minimum atomic E-state index is 0.0368. The highest BCUT2D eigenvalue weighted by Crippen LogP contribution is 2.33. The van der Waals surface area contributed by atoms with Gasteiger partial charge >= 0.3 is 0 Å². The molecule has 0 aliphatic carbocycles. The molecular formula is C26H22N4O2S. The average Bonchev–Trinajstić information content (AvgIpc) is 3.47. The lowest BCUT2D eigenvalue weighted by Crippen LogP contribution is -2.05. The summed E-state index contributed by atoms with van der Waals surface area (Å²) in [5.74, 6) is 1.66. The highest BCUT2D eigenvalue weighted by molar-refractivity contribution is 7.99. The number of ether oxygens (including phenoxy) is 1. The van der Waals surface area contributed by atoms with Crippen molar-refractivity contribution in [2.24, 2.45) is 0 Å². The SMILES string of the molecule is COc1ccccc1-c1nnc(SCC(=O)c2c[nH]c3ccccc23)n1-c1ccc(C)cc1. The molecule has 0 spiro atoms. The van der Waals surface area contributed by atoms with Gasteiger partial charge in [0.15, 0.2) is 16.8 Å². The molecule has 0 fully saturated rings. The summed E-state index contributed by atoms with van der Waals surface area (Å²) in [5.41, 5.74) is 4.56. The highest BCUT2D eigenvalue weighted by atomic mass is 32.2. The molecule has 5 aromatic rings. The Bertz CT molecular complexity index is 1440. The first-order valence-electron chi connectivity index (χ1n) is 10.5. The number of hydrogen-bond donors (Lipinski definition) is 1. The van der Waals surface area contributed by atoms with Crippen molar-refractivity contribution < 1.29 is 9.53 Å². The van der Waals surface area contributed by atoms with Crippen LogP contribution in [-0.2, 0) is 0 Å². The van der Waals surface area contributed by atoms with Crippen LogP contribution in [0.25, 0.3) is 28.0 Å². The molecule has 0 atom stereocenters. The standard InChI is InChI=1S/C26H22N4O2S/c1-17-11-13-18(14-12-17)30-25(20-8-4-6-10-24(20)32-2)28-29-26(30)33-16-23(31)21-15-27-22-9-5-3-7-19(21)22/h3-15,27H,16H2,1-2H3. The van der Waals surface area contributed by atoms with Crippen molar-refractivity contribution in [3.05, 3.63) is 90.1 Å². The lowest BCUT2D eigenvalue weighted by atomic mass is 10.1. The Balaban J connectivity index is 1.51. The molecule has 0 saturated heterocycles. The van der Waals surface area contributed by atoms with Gasteiger partial charge in [0, 0.05) is 28.4 Å². The fourth-order valence-electron chi connectivity index (χ4n) is 3.80. The van der Waals surface area contributed by atoms with Crippen LogP contribution in [0.2, 0.25) is 0 Å². The molecule has 0 saturated carbocycles. The molecule has 5 rings (SSSR count). The third kappa shape index (κ3) is 4.03. The number of aromatic amines is 1. The number of hydrogen-bond acceptors (Lipinski definition) is 5. The van der Waals surface area contributed by atoms with Crippen LogP contribution in [0, 0.1) is 6.92 Å². The molecule has 0 aliphatic rings. The number of Topliss-reactive ketones (excluding diaryl/α,β-unsaturated/α-hetero) is 1. The maximum atomic E-state index is 13.0. The van der Waals surface area contributed by atoms with E-state index in [0.29, 0.717) is 22.3 Å². The molecule has 0 radical (unpaired) electrons. The second kappa shape index (κ2) is 8.96. The van der Waals surface area contributed by atoms with Crippen molar-refractivity contribution in [3.8, 4) is 22.8 Å². The molecule has 1 N–H and O–H groups in total. The van der Waals surface area contributed by atoms with E-state index in [-0.39, 0.29) is 11.5 Å². The van der Waals surface area contributed by atoms with E-state index in [1.54, 1.807) is 13.3 Å².